The molecule has 1 atom stereocenters. The Hall–Kier alpha value is -2.97. The van der Waals surface area contributed by atoms with Gasteiger partial charge in [-0.25, -0.2) is 19.7 Å². The van der Waals surface area contributed by atoms with E-state index in [1.54, 1.807) is 0 Å². The van der Waals surface area contributed by atoms with Crippen LogP contribution in [0.4, 0.5) is 0 Å². The fourth-order valence-electron chi connectivity index (χ4n) is 3.52. The highest BCUT2D eigenvalue weighted by atomic mass is 32.2. The van der Waals surface area contributed by atoms with Gasteiger partial charge in [-0.2, -0.15) is 0 Å². The first-order chi connectivity index (χ1) is 15.9. The number of methoxy groups -OCH3 is 2. The highest BCUT2D eigenvalue weighted by Gasteiger charge is 2.25. The van der Waals surface area contributed by atoms with Gasteiger partial charge in [0.15, 0.2) is 5.16 Å². The van der Waals surface area contributed by atoms with Crippen LogP contribution in [0.2, 0.25) is 0 Å². The molecule has 1 aliphatic heterocycles. The minimum absolute atomic E-state index is 0.0370. The summed E-state index contributed by atoms with van der Waals surface area (Å²) in [5.41, 5.74) is -0.600. The van der Waals surface area contributed by atoms with Crippen LogP contribution in [0.3, 0.4) is 0 Å². The summed E-state index contributed by atoms with van der Waals surface area (Å²) >= 11 is 2.20. The number of carbonyl (C=O) groups excluding carboxylic acids is 2. The summed E-state index contributed by atoms with van der Waals surface area (Å²) in [7, 11) is 2.44. The van der Waals surface area contributed by atoms with E-state index in [0.717, 1.165) is 24.2 Å². The molecule has 0 bridgehead atoms. The molecule has 1 fully saturated rings. The molecule has 0 saturated carbocycles. The first-order valence-electron chi connectivity index (χ1n) is 10.0. The second-order valence-electron chi connectivity index (χ2n) is 7.19. The Morgan fingerprint density at radius 2 is 2.12 bits per heavy atom. The van der Waals surface area contributed by atoms with Gasteiger partial charge in [-0.05, 0) is 12.8 Å². The Balaban J connectivity index is 1.61. The minimum atomic E-state index is -0.665. The monoisotopic (exact) mass is 495 g/mol. The molecule has 1 aliphatic rings. The number of thiophene rings is 1. The van der Waals surface area contributed by atoms with Gasteiger partial charge < -0.3 is 19.2 Å². The van der Waals surface area contributed by atoms with E-state index in [1.807, 2.05) is 0 Å². The molecule has 4 rings (SSSR count). The van der Waals surface area contributed by atoms with Gasteiger partial charge in [0.05, 0.1) is 44.4 Å². The van der Waals surface area contributed by atoms with E-state index in [9.17, 15) is 19.2 Å². The average molecular weight is 496 g/mol. The zero-order valence-corrected chi connectivity index (χ0v) is 19.5. The third kappa shape index (κ3) is 4.86. The van der Waals surface area contributed by atoms with Gasteiger partial charge in [-0.3, -0.25) is 14.2 Å². The zero-order chi connectivity index (χ0) is 23.5. The van der Waals surface area contributed by atoms with E-state index in [-0.39, 0.29) is 39.8 Å². The van der Waals surface area contributed by atoms with E-state index >= 15 is 0 Å². The topological polar surface area (TPSA) is 158 Å². The number of rotatable bonds is 8. The summed E-state index contributed by atoms with van der Waals surface area (Å²) in [4.78, 5) is 56.6. The van der Waals surface area contributed by atoms with Crippen molar-refractivity contribution in [2.45, 2.75) is 42.8 Å². The van der Waals surface area contributed by atoms with Crippen LogP contribution in [0.1, 0.15) is 33.9 Å². The summed E-state index contributed by atoms with van der Waals surface area (Å²) in [6, 6.07) is 0. The van der Waals surface area contributed by atoms with E-state index in [2.05, 4.69) is 24.9 Å². The van der Waals surface area contributed by atoms with Crippen LogP contribution in [0.25, 0.3) is 10.2 Å². The number of esters is 2. The number of aromatic nitrogens is 5. The van der Waals surface area contributed by atoms with Gasteiger partial charge in [-0.15, -0.1) is 16.4 Å². The standard InChI is InChI=1S/C19H21N5O7S2/c1-29-12(25)6-10-13-15(26)20-11(21-16(13)33-14(10)17(27)30-2)8-32-19-23-22-18(28)24(19)7-9-4-3-5-31-9/h9H,3-8H2,1-2H3,(H,22,28)(H,20,21,26). The first-order valence-corrected chi connectivity index (χ1v) is 11.8. The number of ether oxygens (including phenoxy) is 3. The van der Waals surface area contributed by atoms with Gasteiger partial charge in [0.2, 0.25) is 0 Å². The maximum Gasteiger partial charge on any atom is 0.348 e. The lowest BCUT2D eigenvalue weighted by Gasteiger charge is -2.10. The van der Waals surface area contributed by atoms with E-state index < -0.39 is 17.5 Å². The SMILES string of the molecule is COC(=O)Cc1c(C(=O)OC)sc2nc(CSc3n[nH]c(=O)n3CC3CCCO3)[nH]c(=O)c12. The molecule has 33 heavy (non-hydrogen) atoms. The largest absolute Gasteiger partial charge is 0.469 e. The van der Waals surface area contributed by atoms with Crippen LogP contribution >= 0.6 is 23.1 Å². The molecule has 0 radical (unpaired) electrons. The molecule has 2 N–H and O–H groups in total. The van der Waals surface area contributed by atoms with Crippen LogP contribution in [0.15, 0.2) is 14.7 Å². The zero-order valence-electron chi connectivity index (χ0n) is 17.8. The number of H-pyrrole nitrogens is 2. The summed E-state index contributed by atoms with van der Waals surface area (Å²) < 4.78 is 16.6. The summed E-state index contributed by atoms with van der Waals surface area (Å²) in [5, 5.41) is 7.09. The number of thioether (sulfide) groups is 1. The predicted molar refractivity (Wildman–Crippen MR) is 119 cm³/mol. The second kappa shape index (κ2) is 9.89. The Morgan fingerprint density at radius 1 is 1.30 bits per heavy atom. The summed E-state index contributed by atoms with van der Waals surface area (Å²) in [6.07, 6.45) is 1.53. The molecule has 4 heterocycles. The fourth-order valence-corrected chi connectivity index (χ4v) is 5.48. The van der Waals surface area contributed by atoms with Gasteiger partial charge in [0, 0.05) is 12.2 Å². The number of hydrogen-bond acceptors (Lipinski definition) is 11. The van der Waals surface area contributed by atoms with Crippen molar-refractivity contribution in [3.8, 4) is 0 Å². The van der Waals surface area contributed by atoms with Crippen LogP contribution in [0, 0.1) is 0 Å². The van der Waals surface area contributed by atoms with Crippen molar-refractivity contribution >= 4 is 45.3 Å². The number of fused-ring (bicyclic) bond motifs is 1. The van der Waals surface area contributed by atoms with Crippen molar-refractivity contribution < 1.29 is 23.8 Å². The molecule has 3 aromatic heterocycles. The molecule has 176 valence electrons. The number of carbonyl (C=O) groups is 2. The Labute approximate surface area is 194 Å². The maximum atomic E-state index is 12.8. The molecule has 1 unspecified atom stereocenters. The van der Waals surface area contributed by atoms with E-state index in [4.69, 9.17) is 9.47 Å². The van der Waals surface area contributed by atoms with Crippen molar-refractivity contribution in [2.75, 3.05) is 20.8 Å². The summed E-state index contributed by atoms with van der Waals surface area (Å²) in [6.45, 7) is 1.07. The van der Waals surface area contributed by atoms with Crippen molar-refractivity contribution in [1.29, 1.82) is 0 Å². The molecule has 0 aromatic carbocycles. The van der Waals surface area contributed by atoms with Crippen LogP contribution in [-0.4, -0.2) is 63.6 Å². The molecule has 0 amide bonds. The lowest BCUT2D eigenvalue weighted by Crippen LogP contribution is -2.25. The van der Waals surface area contributed by atoms with Crippen molar-refractivity contribution in [2.24, 2.45) is 0 Å². The molecule has 14 heteroatoms. The molecule has 0 aliphatic carbocycles. The third-order valence-electron chi connectivity index (χ3n) is 5.10. The van der Waals surface area contributed by atoms with Gasteiger partial charge >= 0.3 is 17.6 Å². The van der Waals surface area contributed by atoms with Crippen LogP contribution in [-0.2, 0) is 37.7 Å². The molecule has 0 spiro atoms. The summed E-state index contributed by atoms with van der Waals surface area (Å²) in [5.74, 6) is -0.707. The quantitative estimate of drug-likeness (QED) is 0.339. The number of nitrogens with zero attached hydrogens (tertiary/aromatic N) is 3. The van der Waals surface area contributed by atoms with Crippen LogP contribution in [0.5, 0.6) is 0 Å². The minimum Gasteiger partial charge on any atom is -0.469 e. The third-order valence-corrected chi connectivity index (χ3v) is 7.19. The second-order valence-corrected chi connectivity index (χ2v) is 9.13. The van der Waals surface area contributed by atoms with Crippen molar-refractivity contribution in [3.63, 3.8) is 0 Å². The highest BCUT2D eigenvalue weighted by molar-refractivity contribution is 7.98. The molecule has 3 aromatic rings. The van der Waals surface area contributed by atoms with Gasteiger partial charge in [-0.1, -0.05) is 11.8 Å². The lowest BCUT2D eigenvalue weighted by atomic mass is 10.1. The first kappa shape index (κ1) is 23.2. The average Bonchev–Trinajstić information content (AvgIpc) is 3.53. The normalized spacial score (nSPS) is 15.8. The highest BCUT2D eigenvalue weighted by Crippen LogP contribution is 2.30. The smallest absolute Gasteiger partial charge is 0.348 e. The fraction of sp³-hybridized carbons (Fsp3) is 0.474. The number of nitrogens with one attached hydrogen (secondary N) is 2. The van der Waals surface area contributed by atoms with Crippen molar-refractivity contribution in [1.82, 2.24) is 24.7 Å². The predicted octanol–water partition coefficient (Wildman–Crippen LogP) is 0.843. The van der Waals surface area contributed by atoms with Crippen molar-refractivity contribution in [3.05, 3.63) is 37.1 Å². The molecule has 12 nitrogen and oxygen atoms in total. The Bertz CT molecular complexity index is 1300. The van der Waals surface area contributed by atoms with E-state index in [0.29, 0.717) is 29.0 Å². The molecular weight excluding hydrogens is 474 g/mol. The number of aromatic amines is 2. The van der Waals surface area contributed by atoms with Crippen LogP contribution < -0.4 is 11.2 Å². The maximum absolute atomic E-state index is 12.8. The molecule has 1 saturated heterocycles. The van der Waals surface area contributed by atoms with E-state index in [1.165, 1.54) is 30.5 Å². The Morgan fingerprint density at radius 3 is 2.82 bits per heavy atom. The van der Waals surface area contributed by atoms with Gasteiger partial charge in [0.1, 0.15) is 15.5 Å². The number of hydrogen-bond donors (Lipinski definition) is 2. The Kier molecular flexibility index (Phi) is 6.95. The lowest BCUT2D eigenvalue weighted by molar-refractivity contribution is -0.139. The van der Waals surface area contributed by atoms with Gasteiger partial charge in [0.25, 0.3) is 5.56 Å². The molecular formula is C19H21N5O7S2.